The molecule has 2 aliphatic heterocycles. The van der Waals surface area contributed by atoms with Crippen molar-refractivity contribution in [1.82, 2.24) is 36.4 Å². The van der Waals surface area contributed by atoms with Crippen LogP contribution in [0.5, 0.6) is 5.75 Å². The summed E-state index contributed by atoms with van der Waals surface area (Å²) in [4.78, 5) is 131. The van der Waals surface area contributed by atoms with Gasteiger partial charge in [-0.05, 0) is 75.0 Å². The Kier molecular flexibility index (Phi) is 22.1. The summed E-state index contributed by atoms with van der Waals surface area (Å²) < 4.78 is 5.81. The van der Waals surface area contributed by atoms with Crippen LogP contribution < -0.4 is 38.1 Å². The van der Waals surface area contributed by atoms with Crippen molar-refractivity contribution in [3.8, 4) is 5.75 Å². The molecule has 384 valence electrons. The molecule has 2 heterocycles. The molecule has 3 rings (SSSR count). The molecule has 9 atom stereocenters. The summed E-state index contributed by atoms with van der Waals surface area (Å²) in [6, 6.07) is -4.74. The first-order valence-electron chi connectivity index (χ1n) is 23.5. The molecule has 7 amide bonds. The zero-order valence-corrected chi connectivity index (χ0v) is 40.6. The van der Waals surface area contributed by atoms with E-state index in [1.165, 1.54) is 38.2 Å². The number of phenols is 1. The lowest BCUT2D eigenvalue weighted by Crippen LogP contribution is -2.65. The van der Waals surface area contributed by atoms with Gasteiger partial charge in [0, 0.05) is 26.4 Å². The first kappa shape index (κ1) is 56.8. The number of unbranched alkanes of at least 4 members (excludes halogenated alkanes) is 2. The second-order valence-corrected chi connectivity index (χ2v) is 18.4. The number of aromatic hydroxyl groups is 1. The Bertz CT molecular complexity index is 2010. The molecular formula is C46H72N10O13. The van der Waals surface area contributed by atoms with Crippen molar-refractivity contribution in [3.05, 3.63) is 29.8 Å². The third-order valence-corrected chi connectivity index (χ3v) is 11.9. The number of aliphatic hydroxyl groups excluding tert-OH is 1. The summed E-state index contributed by atoms with van der Waals surface area (Å²) >= 11 is 0. The van der Waals surface area contributed by atoms with Gasteiger partial charge in [-0.1, -0.05) is 59.6 Å². The number of fused-ring (bicyclic) bond motifs is 2. The minimum Gasteiger partial charge on any atom is -0.508 e. The highest BCUT2D eigenvalue weighted by Gasteiger charge is 2.46. The zero-order chi connectivity index (χ0) is 51.7. The molecule has 2 aliphatic rings. The molecule has 23 nitrogen and oxygen atoms in total. The SMILES string of the molecule is CCCCCC(=O)N[C@H](CC(=O)O)C(=O)N[C@@H]1C(=O)N[C@@H](CCCN=C(N)N)C(=O)N[C@H]2CC[C@@H](O)N(C2=O)[C@@H](CC(C)C)C(=O)N(C)[C@@H](Cc2ccc(O)cc2)C(=O)N[C@@H](C(C)C)C(=O)O[C@H]1C. The fourth-order valence-electron chi connectivity index (χ4n) is 8.04. The normalized spacial score (nSPS) is 24.7. The van der Waals surface area contributed by atoms with Crippen LogP contribution in [0.3, 0.4) is 0 Å². The van der Waals surface area contributed by atoms with Gasteiger partial charge in [0.05, 0.1) is 6.42 Å². The number of likely N-dealkylation sites (N-methyl/N-ethyl adjacent to an activating group) is 1. The zero-order valence-electron chi connectivity index (χ0n) is 40.6. The number of aliphatic carboxylic acids is 1. The Balaban J connectivity index is 2.23. The average molecular weight is 973 g/mol. The van der Waals surface area contributed by atoms with Gasteiger partial charge in [0.15, 0.2) is 5.96 Å². The van der Waals surface area contributed by atoms with Gasteiger partial charge in [-0.15, -0.1) is 0 Å². The number of aliphatic imine (C=N–C) groups is 1. The van der Waals surface area contributed by atoms with Gasteiger partial charge in [0.25, 0.3) is 0 Å². The first-order valence-corrected chi connectivity index (χ1v) is 23.5. The number of hydrogen-bond acceptors (Lipinski definition) is 13. The number of carboxylic acid groups (broad SMARTS) is 1. The number of guanidine groups is 1. The number of hydrogen-bond donors (Lipinski definition) is 10. The number of phenolic OH excluding ortho intramolecular Hbond substituents is 1. The summed E-state index contributed by atoms with van der Waals surface area (Å²) in [7, 11) is 1.34. The number of amides is 7. The van der Waals surface area contributed by atoms with Gasteiger partial charge >= 0.3 is 11.9 Å². The highest BCUT2D eigenvalue weighted by Crippen LogP contribution is 2.26. The van der Waals surface area contributed by atoms with Crippen molar-refractivity contribution < 1.29 is 63.2 Å². The molecule has 2 fully saturated rings. The van der Waals surface area contributed by atoms with Crippen molar-refractivity contribution in [1.29, 1.82) is 0 Å². The van der Waals surface area contributed by atoms with Crippen LogP contribution in [0, 0.1) is 11.8 Å². The molecule has 0 spiro atoms. The second kappa shape index (κ2) is 26.9. The smallest absolute Gasteiger partial charge is 0.329 e. The van der Waals surface area contributed by atoms with Gasteiger partial charge in [0.2, 0.25) is 41.4 Å². The Morgan fingerprint density at radius 2 is 1.57 bits per heavy atom. The summed E-state index contributed by atoms with van der Waals surface area (Å²) in [6.07, 6.45) is -2.47. The molecule has 69 heavy (non-hydrogen) atoms. The molecule has 0 aliphatic carbocycles. The Morgan fingerprint density at radius 3 is 2.16 bits per heavy atom. The number of nitrogens with one attached hydrogen (secondary N) is 5. The molecule has 1 aromatic rings. The van der Waals surface area contributed by atoms with Crippen LogP contribution >= 0.6 is 0 Å². The first-order chi connectivity index (χ1) is 32.4. The molecule has 1 aromatic carbocycles. The van der Waals surface area contributed by atoms with Gasteiger partial charge in [0.1, 0.15) is 60.4 Å². The lowest BCUT2D eigenvalue weighted by Gasteiger charge is -2.43. The van der Waals surface area contributed by atoms with E-state index in [-0.39, 0.29) is 69.1 Å². The van der Waals surface area contributed by atoms with Crippen molar-refractivity contribution in [2.45, 2.75) is 167 Å². The van der Waals surface area contributed by atoms with E-state index < -0.39 is 120 Å². The Hall–Kier alpha value is -6.52. The molecule has 0 aromatic heterocycles. The van der Waals surface area contributed by atoms with E-state index >= 15 is 0 Å². The van der Waals surface area contributed by atoms with Crippen LogP contribution in [-0.2, 0) is 54.3 Å². The number of piperidine rings is 1. The molecular weight excluding hydrogens is 901 g/mol. The highest BCUT2D eigenvalue weighted by molar-refractivity contribution is 5.98. The van der Waals surface area contributed by atoms with Crippen molar-refractivity contribution in [2.24, 2.45) is 28.3 Å². The molecule has 0 unspecified atom stereocenters. The standard InChI is InChI=1S/C46H72N10O13/c1-8-9-10-13-34(58)50-31(23-36(60)61)40(63)54-38-26(6)69-45(68)37(25(4)5)53-41(64)32(22-27-14-16-28(57)17-15-27)55(7)44(67)33(21-24(2)3)56-35(59)19-18-30(43(56)66)52-39(62)29(51-42(38)65)12-11-20-49-46(47)48/h14-17,24-26,29-33,35,37-38,57,59H,8-13,18-23H2,1-7H3,(H,50,58)(H,51,65)(H,52,62)(H,53,64)(H,54,63)(H,60,61)(H4,47,48,49)/t26-,29-,30-,31+,32-,33-,35+,37-,38-/m0/s1. The maximum atomic E-state index is 14.8. The third kappa shape index (κ3) is 17.2. The third-order valence-electron chi connectivity index (χ3n) is 11.9. The van der Waals surface area contributed by atoms with E-state index in [9.17, 15) is 58.5 Å². The van der Waals surface area contributed by atoms with Crippen LogP contribution in [0.1, 0.15) is 111 Å². The Labute approximate surface area is 402 Å². The van der Waals surface area contributed by atoms with E-state index in [1.807, 2.05) is 6.92 Å². The molecule has 0 saturated carbocycles. The maximum absolute atomic E-state index is 14.8. The molecule has 2 bridgehead atoms. The monoisotopic (exact) mass is 973 g/mol. The van der Waals surface area contributed by atoms with Crippen LogP contribution in [0.25, 0.3) is 0 Å². The predicted octanol–water partition coefficient (Wildman–Crippen LogP) is -0.749. The maximum Gasteiger partial charge on any atom is 0.329 e. The predicted molar refractivity (Wildman–Crippen MR) is 250 cm³/mol. The van der Waals surface area contributed by atoms with E-state index in [0.29, 0.717) is 18.4 Å². The summed E-state index contributed by atoms with van der Waals surface area (Å²) in [6.45, 7) is 9.92. The lowest BCUT2D eigenvalue weighted by molar-refractivity contribution is -0.166. The van der Waals surface area contributed by atoms with Gasteiger partial charge in [-0.25, -0.2) is 4.79 Å². The number of carbonyl (C=O) groups excluding carboxylic acids is 8. The van der Waals surface area contributed by atoms with Crippen molar-refractivity contribution in [2.75, 3.05) is 13.6 Å². The molecule has 0 radical (unpaired) electrons. The number of rotatable bonds is 18. The van der Waals surface area contributed by atoms with Gasteiger partial charge in [-0.3, -0.25) is 43.3 Å². The van der Waals surface area contributed by atoms with Gasteiger partial charge < -0.3 is 67.9 Å². The van der Waals surface area contributed by atoms with Crippen molar-refractivity contribution in [3.63, 3.8) is 0 Å². The van der Waals surface area contributed by atoms with Crippen LogP contribution in [0.15, 0.2) is 29.3 Å². The summed E-state index contributed by atoms with van der Waals surface area (Å²) in [5.74, 6) is -9.97. The van der Waals surface area contributed by atoms with E-state index in [1.54, 1.807) is 27.7 Å². The number of carboxylic acids is 1. The molecule has 2 saturated heterocycles. The number of nitrogens with zero attached hydrogens (tertiary/aromatic N) is 3. The minimum absolute atomic E-state index is 0.00409. The fourth-order valence-corrected chi connectivity index (χ4v) is 8.04. The summed E-state index contributed by atoms with van der Waals surface area (Å²) in [5, 5.41) is 43.8. The van der Waals surface area contributed by atoms with E-state index in [0.717, 1.165) is 16.2 Å². The lowest BCUT2D eigenvalue weighted by atomic mass is 9.94. The van der Waals surface area contributed by atoms with E-state index in [2.05, 4.69) is 31.6 Å². The Morgan fingerprint density at radius 1 is 0.899 bits per heavy atom. The highest BCUT2D eigenvalue weighted by atomic mass is 16.5. The van der Waals surface area contributed by atoms with E-state index in [4.69, 9.17) is 16.2 Å². The van der Waals surface area contributed by atoms with Crippen LogP contribution in [0.2, 0.25) is 0 Å². The number of benzene rings is 1. The fraction of sp³-hybridized carbons (Fsp3) is 0.652. The quantitative estimate of drug-likeness (QED) is 0.0375. The number of nitrogens with two attached hydrogens (primary N) is 2. The van der Waals surface area contributed by atoms with Crippen LogP contribution in [-0.4, -0.2) is 153 Å². The largest absolute Gasteiger partial charge is 0.508 e. The number of aliphatic hydroxyl groups is 1. The van der Waals surface area contributed by atoms with Crippen molar-refractivity contribution >= 4 is 59.2 Å². The average Bonchev–Trinajstić information content (AvgIpc) is 3.26. The van der Waals surface area contributed by atoms with Crippen LogP contribution in [0.4, 0.5) is 0 Å². The summed E-state index contributed by atoms with van der Waals surface area (Å²) in [5.41, 5.74) is 11.5. The second-order valence-electron chi connectivity index (χ2n) is 18.4. The molecule has 23 heteroatoms. The topological polar surface area (TPSA) is 355 Å². The number of carbonyl (C=O) groups is 9. The number of cyclic esters (lactones) is 1. The number of esters is 1. The van der Waals surface area contributed by atoms with Gasteiger partial charge in [-0.2, -0.15) is 0 Å². The number of ether oxygens (including phenoxy) is 1. The molecule has 12 N–H and O–H groups in total. The minimum atomic E-state index is -1.88.